The number of hydrogen-bond acceptors (Lipinski definition) is 1. The van der Waals surface area contributed by atoms with Crippen molar-refractivity contribution in [3.8, 4) is 0 Å². The molecule has 0 aliphatic carbocycles. The van der Waals surface area contributed by atoms with Crippen molar-refractivity contribution in [3.63, 3.8) is 0 Å². The summed E-state index contributed by atoms with van der Waals surface area (Å²) in [4.78, 5) is 14.9. The molecule has 2 heteroatoms. The lowest BCUT2D eigenvalue weighted by molar-refractivity contribution is -0.134. The van der Waals surface area contributed by atoms with Crippen molar-refractivity contribution in [2.45, 2.75) is 47.0 Å². The molecule has 0 N–H and O–H groups in total. The molecule has 0 saturated heterocycles. The van der Waals surface area contributed by atoms with Gasteiger partial charge in [0.2, 0.25) is 5.91 Å². The Morgan fingerprint density at radius 2 is 1.50 bits per heavy atom. The molecule has 0 fully saturated rings. The topological polar surface area (TPSA) is 20.3 Å². The van der Waals surface area contributed by atoms with Crippen LogP contribution in [0.5, 0.6) is 0 Å². The zero-order valence-electron chi connectivity index (χ0n) is 13.6. The van der Waals surface area contributed by atoms with Gasteiger partial charge in [0.1, 0.15) is 0 Å². The molecular formula is C18H29NO. The second-order valence-electron chi connectivity index (χ2n) is 6.40. The highest BCUT2D eigenvalue weighted by atomic mass is 16.2. The maximum Gasteiger partial charge on any atom is 0.230 e. The van der Waals surface area contributed by atoms with Gasteiger partial charge in [0, 0.05) is 13.1 Å². The second-order valence-corrected chi connectivity index (χ2v) is 6.40. The Bertz CT molecular complexity index is 387. The number of hydrogen-bond donors (Lipinski definition) is 0. The van der Waals surface area contributed by atoms with E-state index in [1.54, 1.807) is 0 Å². The van der Waals surface area contributed by atoms with Gasteiger partial charge in [-0.2, -0.15) is 0 Å². The monoisotopic (exact) mass is 275 g/mol. The molecule has 20 heavy (non-hydrogen) atoms. The first-order valence-corrected chi connectivity index (χ1v) is 7.79. The predicted molar refractivity (Wildman–Crippen MR) is 85.7 cm³/mol. The van der Waals surface area contributed by atoms with Crippen LogP contribution in [0, 0.1) is 11.8 Å². The van der Waals surface area contributed by atoms with Crippen LogP contribution in [0.2, 0.25) is 0 Å². The third-order valence-corrected chi connectivity index (χ3v) is 3.39. The van der Waals surface area contributed by atoms with E-state index in [0.717, 1.165) is 25.1 Å². The van der Waals surface area contributed by atoms with Gasteiger partial charge >= 0.3 is 0 Å². The largest absolute Gasteiger partial charge is 0.342 e. The van der Waals surface area contributed by atoms with Crippen molar-refractivity contribution < 1.29 is 4.79 Å². The first-order valence-electron chi connectivity index (χ1n) is 7.79. The second kappa shape index (κ2) is 8.08. The third-order valence-electron chi connectivity index (χ3n) is 3.39. The number of amides is 1. The van der Waals surface area contributed by atoms with E-state index in [0.29, 0.717) is 11.8 Å². The Labute approximate surface area is 124 Å². The normalized spacial score (nSPS) is 12.8. The summed E-state index contributed by atoms with van der Waals surface area (Å²) in [7, 11) is 0. The van der Waals surface area contributed by atoms with E-state index in [-0.39, 0.29) is 11.8 Å². The molecule has 1 aromatic rings. The molecular weight excluding hydrogens is 246 g/mol. The molecule has 1 rings (SSSR count). The van der Waals surface area contributed by atoms with Gasteiger partial charge in [-0.3, -0.25) is 4.79 Å². The molecule has 0 unspecified atom stereocenters. The molecule has 0 spiro atoms. The Hall–Kier alpha value is -1.31. The van der Waals surface area contributed by atoms with Crippen molar-refractivity contribution >= 4 is 5.91 Å². The minimum Gasteiger partial charge on any atom is -0.342 e. The molecule has 2 nitrogen and oxygen atoms in total. The lowest BCUT2D eigenvalue weighted by Crippen LogP contribution is -2.39. The van der Waals surface area contributed by atoms with E-state index in [1.807, 2.05) is 18.2 Å². The average molecular weight is 275 g/mol. The van der Waals surface area contributed by atoms with Crippen LogP contribution in [-0.4, -0.2) is 23.9 Å². The van der Waals surface area contributed by atoms with Crippen molar-refractivity contribution in [1.82, 2.24) is 4.90 Å². The van der Waals surface area contributed by atoms with Crippen LogP contribution in [-0.2, 0) is 4.79 Å². The Balaban J connectivity index is 2.90. The maximum absolute atomic E-state index is 12.9. The Morgan fingerprint density at radius 1 is 1.00 bits per heavy atom. The lowest BCUT2D eigenvalue weighted by atomic mass is 9.94. The first kappa shape index (κ1) is 16.7. The molecule has 0 aliphatic rings. The number of carbonyl (C=O) groups excluding carboxylic acids is 1. The smallest absolute Gasteiger partial charge is 0.230 e. The highest BCUT2D eigenvalue weighted by molar-refractivity contribution is 5.83. The highest BCUT2D eigenvalue weighted by Gasteiger charge is 2.25. The fraction of sp³-hybridized carbons (Fsp3) is 0.611. The van der Waals surface area contributed by atoms with Gasteiger partial charge in [-0.05, 0) is 23.8 Å². The minimum absolute atomic E-state index is 0.00583. The maximum atomic E-state index is 12.9. The predicted octanol–water partition coefficient (Wildman–Crippen LogP) is 4.32. The van der Waals surface area contributed by atoms with Crippen molar-refractivity contribution in [1.29, 1.82) is 0 Å². The average Bonchev–Trinajstić information content (AvgIpc) is 2.39. The van der Waals surface area contributed by atoms with Crippen LogP contribution in [0.3, 0.4) is 0 Å². The van der Waals surface area contributed by atoms with E-state index in [2.05, 4.69) is 51.7 Å². The van der Waals surface area contributed by atoms with Gasteiger partial charge in [0.05, 0.1) is 5.92 Å². The summed E-state index contributed by atoms with van der Waals surface area (Å²) < 4.78 is 0. The van der Waals surface area contributed by atoms with Gasteiger partial charge in [0.25, 0.3) is 0 Å². The van der Waals surface area contributed by atoms with Gasteiger partial charge in [-0.1, -0.05) is 65.0 Å². The summed E-state index contributed by atoms with van der Waals surface area (Å²) in [5, 5.41) is 0. The summed E-state index contributed by atoms with van der Waals surface area (Å²) >= 11 is 0. The molecule has 0 saturated carbocycles. The van der Waals surface area contributed by atoms with Crippen molar-refractivity contribution in [2.75, 3.05) is 13.1 Å². The molecule has 0 heterocycles. The fourth-order valence-corrected chi connectivity index (χ4v) is 2.59. The quantitative estimate of drug-likeness (QED) is 0.725. The van der Waals surface area contributed by atoms with Crippen LogP contribution >= 0.6 is 0 Å². The van der Waals surface area contributed by atoms with Gasteiger partial charge in [-0.15, -0.1) is 0 Å². The molecule has 0 radical (unpaired) electrons. The van der Waals surface area contributed by atoms with Gasteiger partial charge in [-0.25, -0.2) is 0 Å². The van der Waals surface area contributed by atoms with Crippen LogP contribution in [0.4, 0.5) is 0 Å². The first-order chi connectivity index (χ1) is 9.45. The van der Waals surface area contributed by atoms with Crippen molar-refractivity contribution in [2.24, 2.45) is 11.8 Å². The molecule has 1 amide bonds. The summed E-state index contributed by atoms with van der Waals surface area (Å²) in [6.07, 6.45) is 0.857. The van der Waals surface area contributed by atoms with Crippen LogP contribution in [0.25, 0.3) is 0 Å². The molecule has 0 aliphatic heterocycles. The number of carbonyl (C=O) groups is 1. The van der Waals surface area contributed by atoms with E-state index in [9.17, 15) is 4.79 Å². The van der Waals surface area contributed by atoms with E-state index in [1.165, 1.54) is 0 Å². The lowest BCUT2D eigenvalue weighted by Gasteiger charge is -2.30. The summed E-state index contributed by atoms with van der Waals surface area (Å²) in [5.74, 6) is 1.28. The standard InChI is InChI=1S/C18H29NO/c1-6-17(16-10-8-7-9-11-16)18(20)19(12-14(2)3)13-15(4)5/h7-11,14-15,17H,6,12-13H2,1-5H3/t17-/m1/s1. The van der Waals surface area contributed by atoms with Gasteiger partial charge in [0.15, 0.2) is 0 Å². The van der Waals surface area contributed by atoms with Crippen LogP contribution in [0.15, 0.2) is 30.3 Å². The fourth-order valence-electron chi connectivity index (χ4n) is 2.59. The molecule has 112 valence electrons. The molecule has 0 aromatic heterocycles. The van der Waals surface area contributed by atoms with Gasteiger partial charge < -0.3 is 4.90 Å². The molecule has 1 atom stereocenters. The van der Waals surface area contributed by atoms with E-state index < -0.39 is 0 Å². The summed E-state index contributed by atoms with van der Waals surface area (Å²) in [5.41, 5.74) is 1.14. The molecule has 1 aromatic carbocycles. The Kier molecular flexibility index (Phi) is 6.77. The number of nitrogens with zero attached hydrogens (tertiary/aromatic N) is 1. The number of rotatable bonds is 7. The van der Waals surface area contributed by atoms with E-state index in [4.69, 9.17) is 0 Å². The minimum atomic E-state index is -0.00583. The summed E-state index contributed by atoms with van der Waals surface area (Å²) in [6.45, 7) is 12.5. The van der Waals surface area contributed by atoms with Crippen LogP contribution < -0.4 is 0 Å². The highest BCUT2D eigenvalue weighted by Crippen LogP contribution is 2.23. The zero-order valence-corrected chi connectivity index (χ0v) is 13.6. The van der Waals surface area contributed by atoms with Crippen molar-refractivity contribution in [3.05, 3.63) is 35.9 Å². The third kappa shape index (κ3) is 4.99. The van der Waals surface area contributed by atoms with E-state index >= 15 is 0 Å². The number of benzene rings is 1. The SMILES string of the molecule is CC[C@@H](C(=O)N(CC(C)C)CC(C)C)c1ccccc1. The molecule has 0 bridgehead atoms. The van der Waals surface area contributed by atoms with Crippen LogP contribution in [0.1, 0.15) is 52.5 Å². The summed E-state index contributed by atoms with van der Waals surface area (Å²) in [6, 6.07) is 10.2. The zero-order chi connectivity index (χ0) is 15.1. The Morgan fingerprint density at radius 3 is 1.90 bits per heavy atom.